The predicted octanol–water partition coefficient (Wildman–Crippen LogP) is 3.15. The van der Waals surface area contributed by atoms with Crippen molar-refractivity contribution in [3.05, 3.63) is 35.4 Å². The van der Waals surface area contributed by atoms with Gasteiger partial charge < -0.3 is 0 Å². The molecule has 0 aliphatic rings. The van der Waals surface area contributed by atoms with Crippen molar-refractivity contribution in [3.8, 4) is 0 Å². The molecule has 0 heterocycles. The van der Waals surface area contributed by atoms with Crippen LogP contribution in [0.4, 0.5) is 0 Å². The highest BCUT2D eigenvalue weighted by atomic mass is 16.1. The molecule has 13 heavy (non-hydrogen) atoms. The fraction of sp³-hybridized carbons (Fsp3) is 0.417. The predicted molar refractivity (Wildman–Crippen MR) is 56.9 cm³/mol. The fourth-order valence-electron chi connectivity index (χ4n) is 1.11. The van der Waals surface area contributed by atoms with Gasteiger partial charge in [-0.2, -0.15) is 0 Å². The Labute approximate surface area is 80.8 Å². The third-order valence-corrected chi connectivity index (χ3v) is 1.54. The summed E-state index contributed by atoms with van der Waals surface area (Å²) in [4.78, 5) is 10.7. The van der Waals surface area contributed by atoms with E-state index in [4.69, 9.17) is 0 Å². The van der Waals surface area contributed by atoms with Gasteiger partial charge in [0.2, 0.25) is 0 Å². The number of rotatable bonds is 2. The maximum absolute atomic E-state index is 10.7. The number of hydrogen-bond acceptors (Lipinski definition) is 1. The third kappa shape index (κ3) is 5.18. The molecule has 0 saturated carbocycles. The van der Waals surface area contributed by atoms with Gasteiger partial charge >= 0.3 is 0 Å². The zero-order valence-corrected chi connectivity index (χ0v) is 8.92. The van der Waals surface area contributed by atoms with E-state index in [1.807, 2.05) is 45.0 Å². The van der Waals surface area contributed by atoms with E-state index in [1.165, 1.54) is 5.56 Å². The second-order valence-corrected chi connectivity index (χ2v) is 2.87. The van der Waals surface area contributed by atoms with Crippen LogP contribution in [-0.2, 0) is 11.2 Å². The van der Waals surface area contributed by atoms with Crippen LogP contribution < -0.4 is 0 Å². The van der Waals surface area contributed by atoms with Crippen LogP contribution >= 0.6 is 0 Å². The standard InChI is InChI=1S/C10H12O.C2H6/c1-8-4-3-5-10(6-8)7-9(2)11;1-2/h3-6H,7H2,1-2H3;1-2H3. The third-order valence-electron chi connectivity index (χ3n) is 1.54. The summed E-state index contributed by atoms with van der Waals surface area (Å²) in [6, 6.07) is 8.03. The molecule has 1 aromatic rings. The topological polar surface area (TPSA) is 17.1 Å². The second kappa shape index (κ2) is 6.41. The average molecular weight is 178 g/mol. The van der Waals surface area contributed by atoms with Gasteiger partial charge in [-0.05, 0) is 19.4 Å². The summed E-state index contributed by atoms with van der Waals surface area (Å²) in [5, 5.41) is 0. The van der Waals surface area contributed by atoms with Crippen LogP contribution in [0.2, 0.25) is 0 Å². The van der Waals surface area contributed by atoms with E-state index in [1.54, 1.807) is 6.92 Å². The highest BCUT2D eigenvalue weighted by Crippen LogP contribution is 2.04. The Morgan fingerprint density at radius 2 is 1.92 bits per heavy atom. The molecule has 0 aliphatic heterocycles. The van der Waals surface area contributed by atoms with E-state index >= 15 is 0 Å². The summed E-state index contributed by atoms with van der Waals surface area (Å²) in [5.74, 6) is 0.218. The maximum atomic E-state index is 10.7. The average Bonchev–Trinajstić information content (AvgIpc) is 2.06. The maximum Gasteiger partial charge on any atom is 0.134 e. The van der Waals surface area contributed by atoms with Crippen molar-refractivity contribution in [1.82, 2.24) is 0 Å². The summed E-state index contributed by atoms with van der Waals surface area (Å²) in [5.41, 5.74) is 2.32. The molecular weight excluding hydrogens is 160 g/mol. The summed E-state index contributed by atoms with van der Waals surface area (Å²) in [6.07, 6.45) is 0.557. The molecule has 0 unspecified atom stereocenters. The normalized spacial score (nSPS) is 8.62. The molecule has 0 spiro atoms. The zero-order chi connectivity index (χ0) is 10.3. The Balaban J connectivity index is 0.000000671. The lowest BCUT2D eigenvalue weighted by Crippen LogP contribution is -1.95. The first kappa shape index (κ1) is 11.9. The summed E-state index contributed by atoms with van der Waals surface area (Å²) < 4.78 is 0. The quantitative estimate of drug-likeness (QED) is 0.680. The fourth-order valence-corrected chi connectivity index (χ4v) is 1.11. The summed E-state index contributed by atoms with van der Waals surface area (Å²) >= 11 is 0. The molecule has 1 rings (SSSR count). The Bertz CT molecular complexity index is 264. The smallest absolute Gasteiger partial charge is 0.134 e. The van der Waals surface area contributed by atoms with Crippen LogP contribution in [0.15, 0.2) is 24.3 Å². The number of ketones is 1. The Kier molecular flexibility index (Phi) is 5.86. The van der Waals surface area contributed by atoms with Crippen molar-refractivity contribution in [2.45, 2.75) is 34.1 Å². The van der Waals surface area contributed by atoms with E-state index in [9.17, 15) is 4.79 Å². The first-order chi connectivity index (χ1) is 6.18. The van der Waals surface area contributed by atoms with Crippen LogP contribution in [0, 0.1) is 6.92 Å². The van der Waals surface area contributed by atoms with Gasteiger partial charge in [-0.3, -0.25) is 4.79 Å². The van der Waals surface area contributed by atoms with Crippen molar-refractivity contribution < 1.29 is 4.79 Å². The van der Waals surface area contributed by atoms with Gasteiger partial charge in [0.25, 0.3) is 0 Å². The Morgan fingerprint density at radius 3 is 2.38 bits per heavy atom. The number of hydrogen-bond donors (Lipinski definition) is 0. The molecule has 0 amide bonds. The molecule has 0 N–H and O–H groups in total. The molecule has 72 valence electrons. The van der Waals surface area contributed by atoms with Crippen molar-refractivity contribution in [2.24, 2.45) is 0 Å². The minimum absolute atomic E-state index is 0.218. The number of Topliss-reactive ketones (excluding diaryl/α,β-unsaturated/α-hetero) is 1. The number of benzene rings is 1. The molecule has 0 radical (unpaired) electrons. The highest BCUT2D eigenvalue weighted by molar-refractivity contribution is 5.78. The lowest BCUT2D eigenvalue weighted by molar-refractivity contribution is -0.116. The van der Waals surface area contributed by atoms with Gasteiger partial charge in [-0.15, -0.1) is 0 Å². The Morgan fingerprint density at radius 1 is 1.31 bits per heavy atom. The number of carbonyl (C=O) groups is 1. The molecule has 1 heteroatoms. The van der Waals surface area contributed by atoms with Gasteiger partial charge in [-0.25, -0.2) is 0 Å². The lowest BCUT2D eigenvalue weighted by atomic mass is 10.1. The van der Waals surface area contributed by atoms with E-state index < -0.39 is 0 Å². The molecule has 0 aromatic heterocycles. The van der Waals surface area contributed by atoms with E-state index in [2.05, 4.69) is 0 Å². The van der Waals surface area contributed by atoms with Crippen molar-refractivity contribution >= 4 is 5.78 Å². The zero-order valence-electron chi connectivity index (χ0n) is 8.92. The molecule has 0 atom stereocenters. The van der Waals surface area contributed by atoms with Gasteiger partial charge in [0.15, 0.2) is 0 Å². The first-order valence-corrected chi connectivity index (χ1v) is 4.73. The molecule has 0 saturated heterocycles. The minimum atomic E-state index is 0.218. The van der Waals surface area contributed by atoms with Crippen LogP contribution in [0.5, 0.6) is 0 Å². The van der Waals surface area contributed by atoms with E-state index in [-0.39, 0.29) is 5.78 Å². The Hall–Kier alpha value is -1.11. The van der Waals surface area contributed by atoms with Gasteiger partial charge in [-0.1, -0.05) is 43.7 Å². The minimum Gasteiger partial charge on any atom is -0.300 e. The molecular formula is C12H18O. The van der Waals surface area contributed by atoms with E-state index in [0.717, 1.165) is 5.56 Å². The highest BCUT2D eigenvalue weighted by Gasteiger charge is 1.95. The largest absolute Gasteiger partial charge is 0.300 e. The number of aryl methyl sites for hydroxylation is 1. The van der Waals surface area contributed by atoms with E-state index in [0.29, 0.717) is 6.42 Å². The van der Waals surface area contributed by atoms with Gasteiger partial charge in [0.1, 0.15) is 5.78 Å². The first-order valence-electron chi connectivity index (χ1n) is 4.73. The monoisotopic (exact) mass is 178 g/mol. The van der Waals surface area contributed by atoms with Crippen LogP contribution in [0.25, 0.3) is 0 Å². The van der Waals surface area contributed by atoms with Crippen molar-refractivity contribution in [3.63, 3.8) is 0 Å². The van der Waals surface area contributed by atoms with Gasteiger partial charge in [0, 0.05) is 6.42 Å². The molecule has 0 aliphatic carbocycles. The summed E-state index contributed by atoms with van der Waals surface area (Å²) in [6.45, 7) is 7.64. The van der Waals surface area contributed by atoms with Crippen LogP contribution in [0.3, 0.4) is 0 Å². The second-order valence-electron chi connectivity index (χ2n) is 2.87. The number of carbonyl (C=O) groups excluding carboxylic acids is 1. The molecule has 0 bridgehead atoms. The van der Waals surface area contributed by atoms with Crippen LogP contribution in [-0.4, -0.2) is 5.78 Å². The molecule has 0 fully saturated rings. The van der Waals surface area contributed by atoms with Gasteiger partial charge in [0.05, 0.1) is 0 Å². The summed E-state index contributed by atoms with van der Waals surface area (Å²) in [7, 11) is 0. The molecule has 1 aromatic carbocycles. The SMILES string of the molecule is CC.CC(=O)Cc1cccc(C)c1. The van der Waals surface area contributed by atoms with Crippen LogP contribution in [0.1, 0.15) is 31.9 Å². The lowest BCUT2D eigenvalue weighted by Gasteiger charge is -1.97. The van der Waals surface area contributed by atoms with Crippen molar-refractivity contribution in [2.75, 3.05) is 0 Å². The van der Waals surface area contributed by atoms with Crippen molar-refractivity contribution in [1.29, 1.82) is 0 Å². The molecule has 1 nitrogen and oxygen atoms in total.